The van der Waals surface area contributed by atoms with Crippen LogP contribution in [0.2, 0.25) is 0 Å². The number of nitrogens with two attached hydrogens (primary N) is 2. The highest BCUT2D eigenvalue weighted by Crippen LogP contribution is 2.23. The Kier molecular flexibility index (Phi) is 11.4. The first-order valence-corrected chi connectivity index (χ1v) is 5.05. The average Bonchev–Trinajstić information content (AvgIpc) is 2.37. The molecule has 0 radical (unpaired) electrons. The van der Waals surface area contributed by atoms with Gasteiger partial charge in [0.1, 0.15) is 0 Å². The average molecular weight is 352 g/mol. The standard InChI is InChI=1S/C5H10N4S2.2BrH/c6-2-1-3-10-5-9-8-4(7)11-5;;/h1-3,6H2,(H2,7,8);2*1H. The van der Waals surface area contributed by atoms with Crippen molar-refractivity contribution in [2.24, 2.45) is 5.73 Å². The summed E-state index contributed by atoms with van der Waals surface area (Å²) in [7, 11) is 0. The van der Waals surface area contributed by atoms with Crippen molar-refractivity contribution < 1.29 is 0 Å². The minimum atomic E-state index is 0. The molecule has 0 saturated heterocycles. The van der Waals surface area contributed by atoms with Crippen LogP contribution in [0.5, 0.6) is 0 Å². The van der Waals surface area contributed by atoms with Gasteiger partial charge in [0.2, 0.25) is 5.13 Å². The molecule has 0 aliphatic carbocycles. The maximum atomic E-state index is 5.39. The first-order valence-electron chi connectivity index (χ1n) is 3.25. The van der Waals surface area contributed by atoms with Gasteiger partial charge in [0, 0.05) is 5.75 Å². The van der Waals surface area contributed by atoms with Crippen LogP contribution >= 0.6 is 57.1 Å². The lowest BCUT2D eigenvalue weighted by Crippen LogP contribution is -1.99. The Morgan fingerprint density at radius 1 is 1.31 bits per heavy atom. The van der Waals surface area contributed by atoms with Crippen LogP contribution < -0.4 is 11.5 Å². The second kappa shape index (κ2) is 9.20. The van der Waals surface area contributed by atoms with Crippen molar-refractivity contribution in [3.05, 3.63) is 0 Å². The molecule has 0 aliphatic rings. The molecular formula is C5H12Br2N4S2. The third kappa shape index (κ3) is 6.67. The third-order valence-corrected chi connectivity index (χ3v) is 2.97. The van der Waals surface area contributed by atoms with E-state index >= 15 is 0 Å². The molecule has 13 heavy (non-hydrogen) atoms. The normalized spacial score (nSPS) is 8.69. The highest BCUT2D eigenvalue weighted by molar-refractivity contribution is 8.93. The van der Waals surface area contributed by atoms with Crippen molar-refractivity contribution >= 4 is 62.2 Å². The van der Waals surface area contributed by atoms with Gasteiger partial charge in [-0.2, -0.15) is 0 Å². The van der Waals surface area contributed by atoms with Gasteiger partial charge >= 0.3 is 0 Å². The molecule has 0 fully saturated rings. The summed E-state index contributed by atoms with van der Waals surface area (Å²) in [5, 5.41) is 8.07. The fourth-order valence-corrected chi connectivity index (χ4v) is 2.19. The van der Waals surface area contributed by atoms with E-state index < -0.39 is 0 Å². The topological polar surface area (TPSA) is 77.8 Å². The van der Waals surface area contributed by atoms with E-state index in [0.717, 1.165) is 23.1 Å². The van der Waals surface area contributed by atoms with Crippen molar-refractivity contribution in [3.63, 3.8) is 0 Å². The Balaban J connectivity index is 0. The number of nitrogens with zero attached hydrogens (tertiary/aromatic N) is 2. The van der Waals surface area contributed by atoms with E-state index in [0.29, 0.717) is 5.13 Å². The van der Waals surface area contributed by atoms with Gasteiger partial charge in [-0.25, -0.2) is 0 Å². The lowest BCUT2D eigenvalue weighted by Gasteiger charge is -1.91. The van der Waals surface area contributed by atoms with Crippen LogP contribution in [0.1, 0.15) is 6.42 Å². The van der Waals surface area contributed by atoms with E-state index in [1.807, 2.05) is 0 Å². The van der Waals surface area contributed by atoms with E-state index in [2.05, 4.69) is 10.2 Å². The zero-order valence-corrected chi connectivity index (χ0v) is 11.9. The number of hydrogen-bond donors (Lipinski definition) is 2. The zero-order valence-electron chi connectivity index (χ0n) is 6.80. The minimum Gasteiger partial charge on any atom is -0.374 e. The Bertz CT molecular complexity index is 220. The second-order valence-corrected chi connectivity index (χ2v) is 4.25. The summed E-state index contributed by atoms with van der Waals surface area (Å²) in [5.74, 6) is 0.991. The molecule has 78 valence electrons. The predicted molar refractivity (Wildman–Crippen MR) is 69.4 cm³/mol. The van der Waals surface area contributed by atoms with Crippen molar-refractivity contribution in [3.8, 4) is 0 Å². The molecule has 0 bridgehead atoms. The summed E-state index contributed by atoms with van der Waals surface area (Å²) in [4.78, 5) is 0. The Morgan fingerprint density at radius 3 is 2.46 bits per heavy atom. The second-order valence-electron chi connectivity index (χ2n) is 1.90. The van der Waals surface area contributed by atoms with Gasteiger partial charge in [0.15, 0.2) is 4.34 Å². The monoisotopic (exact) mass is 350 g/mol. The molecule has 1 rings (SSSR count). The quantitative estimate of drug-likeness (QED) is 0.637. The van der Waals surface area contributed by atoms with Gasteiger partial charge in [0.05, 0.1) is 0 Å². The minimum absolute atomic E-state index is 0. The summed E-state index contributed by atoms with van der Waals surface area (Å²) in [6.07, 6.45) is 1.00. The Labute approximate surface area is 106 Å². The Hall–Kier alpha value is 0.630. The molecule has 0 spiro atoms. The van der Waals surface area contributed by atoms with Crippen LogP contribution in [0.4, 0.5) is 5.13 Å². The van der Waals surface area contributed by atoms with E-state index in [4.69, 9.17) is 11.5 Å². The summed E-state index contributed by atoms with van der Waals surface area (Å²) in [6, 6.07) is 0. The highest BCUT2D eigenvalue weighted by Gasteiger charge is 1.99. The molecule has 4 N–H and O–H groups in total. The van der Waals surface area contributed by atoms with E-state index in [-0.39, 0.29) is 34.0 Å². The van der Waals surface area contributed by atoms with Crippen LogP contribution in [-0.4, -0.2) is 22.5 Å². The molecule has 0 aliphatic heterocycles. The van der Waals surface area contributed by atoms with Crippen molar-refractivity contribution in [2.75, 3.05) is 18.0 Å². The molecule has 1 aromatic rings. The SMILES string of the molecule is Br.Br.NCCCSc1nnc(N)s1. The fourth-order valence-electron chi connectivity index (χ4n) is 0.522. The van der Waals surface area contributed by atoms with Gasteiger partial charge in [-0.15, -0.1) is 44.2 Å². The maximum absolute atomic E-state index is 5.39. The molecule has 0 saturated carbocycles. The van der Waals surface area contributed by atoms with Gasteiger partial charge in [0.25, 0.3) is 0 Å². The van der Waals surface area contributed by atoms with Crippen LogP contribution in [-0.2, 0) is 0 Å². The summed E-state index contributed by atoms with van der Waals surface area (Å²) >= 11 is 3.07. The highest BCUT2D eigenvalue weighted by atomic mass is 79.9. The first kappa shape index (κ1) is 16.1. The van der Waals surface area contributed by atoms with Crippen molar-refractivity contribution in [2.45, 2.75) is 10.8 Å². The molecule has 4 nitrogen and oxygen atoms in total. The number of halogens is 2. The Morgan fingerprint density at radius 2 is 2.00 bits per heavy atom. The number of aromatic nitrogens is 2. The predicted octanol–water partition coefficient (Wildman–Crippen LogP) is 1.72. The molecule has 0 atom stereocenters. The molecule has 8 heteroatoms. The largest absolute Gasteiger partial charge is 0.374 e. The van der Waals surface area contributed by atoms with E-state index in [1.165, 1.54) is 11.3 Å². The van der Waals surface area contributed by atoms with Crippen LogP contribution in [0.15, 0.2) is 4.34 Å². The van der Waals surface area contributed by atoms with Crippen LogP contribution in [0, 0.1) is 0 Å². The summed E-state index contributed by atoms with van der Waals surface area (Å²) in [5.41, 5.74) is 10.7. The number of hydrogen-bond acceptors (Lipinski definition) is 6. The lowest BCUT2D eigenvalue weighted by atomic mass is 10.5. The number of anilines is 1. The molecule has 1 aromatic heterocycles. The van der Waals surface area contributed by atoms with E-state index in [9.17, 15) is 0 Å². The van der Waals surface area contributed by atoms with Gasteiger partial charge < -0.3 is 11.5 Å². The van der Waals surface area contributed by atoms with Gasteiger partial charge in [-0.05, 0) is 13.0 Å². The van der Waals surface area contributed by atoms with Crippen molar-refractivity contribution in [1.29, 1.82) is 0 Å². The van der Waals surface area contributed by atoms with Gasteiger partial charge in [-0.3, -0.25) is 0 Å². The van der Waals surface area contributed by atoms with Gasteiger partial charge in [-0.1, -0.05) is 23.1 Å². The molecular weight excluding hydrogens is 340 g/mol. The zero-order chi connectivity index (χ0) is 8.10. The van der Waals surface area contributed by atoms with E-state index in [1.54, 1.807) is 11.8 Å². The number of thioether (sulfide) groups is 1. The maximum Gasteiger partial charge on any atom is 0.203 e. The van der Waals surface area contributed by atoms with Crippen LogP contribution in [0.25, 0.3) is 0 Å². The first-order chi connectivity index (χ1) is 5.33. The number of rotatable bonds is 4. The smallest absolute Gasteiger partial charge is 0.203 e. The summed E-state index contributed by atoms with van der Waals surface area (Å²) < 4.78 is 0.927. The molecule has 0 unspecified atom stereocenters. The van der Waals surface area contributed by atoms with Crippen LogP contribution in [0.3, 0.4) is 0 Å². The fraction of sp³-hybridized carbons (Fsp3) is 0.600. The molecule has 0 amide bonds. The summed E-state index contributed by atoms with van der Waals surface area (Å²) in [6.45, 7) is 0.723. The third-order valence-electron chi connectivity index (χ3n) is 0.996. The number of nitrogen functional groups attached to an aromatic ring is 1. The molecule has 0 aromatic carbocycles. The van der Waals surface area contributed by atoms with Crippen molar-refractivity contribution in [1.82, 2.24) is 10.2 Å². The molecule has 1 heterocycles. The lowest BCUT2D eigenvalue weighted by molar-refractivity contribution is 0.939.